The molecule has 0 unspecified atom stereocenters. The largest absolute Gasteiger partial charge is 0.371 e. The number of aromatic nitrogens is 1. The van der Waals surface area contributed by atoms with E-state index in [9.17, 15) is 9.59 Å². The second-order valence-electron chi connectivity index (χ2n) is 7.48. The van der Waals surface area contributed by atoms with Crippen LogP contribution in [0.4, 0.5) is 5.69 Å². The zero-order valence-electron chi connectivity index (χ0n) is 16.4. The quantitative estimate of drug-likeness (QED) is 0.543. The van der Waals surface area contributed by atoms with E-state index in [4.69, 9.17) is 0 Å². The van der Waals surface area contributed by atoms with E-state index in [1.165, 1.54) is 17.7 Å². The molecule has 2 aromatic carbocycles. The third-order valence-corrected chi connectivity index (χ3v) is 5.51. The molecule has 0 radical (unpaired) electrons. The van der Waals surface area contributed by atoms with E-state index in [1.807, 2.05) is 49.4 Å². The fourth-order valence-electron chi connectivity index (χ4n) is 4.09. The average Bonchev–Trinajstić information content (AvgIpc) is 3.34. The number of nitrogens with zero attached hydrogens (tertiary/aromatic N) is 2. The highest BCUT2D eigenvalue weighted by atomic mass is 16.2. The SMILES string of the molecule is Cc1[nH]c2ccccc2c1C(=O)C(=O)N(C)Cc1ccccc1N1CCCC1. The molecule has 4 rings (SSSR count). The van der Waals surface area contributed by atoms with Gasteiger partial charge in [-0.1, -0.05) is 36.4 Å². The van der Waals surface area contributed by atoms with Gasteiger partial charge in [0.25, 0.3) is 11.7 Å². The summed E-state index contributed by atoms with van der Waals surface area (Å²) in [5.74, 6) is -0.944. The smallest absolute Gasteiger partial charge is 0.295 e. The van der Waals surface area contributed by atoms with Crippen molar-refractivity contribution in [3.05, 3.63) is 65.4 Å². The molecular weight excluding hydrogens is 350 g/mol. The van der Waals surface area contributed by atoms with Gasteiger partial charge < -0.3 is 14.8 Å². The van der Waals surface area contributed by atoms with E-state index in [0.29, 0.717) is 12.1 Å². The van der Waals surface area contributed by atoms with Crippen LogP contribution in [0.5, 0.6) is 0 Å². The Labute approximate surface area is 165 Å². The zero-order valence-corrected chi connectivity index (χ0v) is 16.4. The van der Waals surface area contributed by atoms with Crippen LogP contribution in [0.1, 0.15) is 34.5 Å². The van der Waals surface area contributed by atoms with Crippen LogP contribution in [-0.2, 0) is 11.3 Å². The first-order chi connectivity index (χ1) is 13.6. The third-order valence-electron chi connectivity index (χ3n) is 5.51. The number of anilines is 1. The molecule has 1 fully saturated rings. The minimum atomic E-state index is -0.482. The number of para-hydroxylation sites is 2. The number of amides is 1. The molecule has 1 aromatic heterocycles. The summed E-state index contributed by atoms with van der Waals surface area (Å²) in [6.45, 7) is 4.34. The topological polar surface area (TPSA) is 56.4 Å². The van der Waals surface area contributed by atoms with E-state index in [2.05, 4.69) is 16.0 Å². The van der Waals surface area contributed by atoms with Crippen molar-refractivity contribution in [2.45, 2.75) is 26.3 Å². The first kappa shape index (κ1) is 18.3. The number of hydrogen-bond acceptors (Lipinski definition) is 3. The number of rotatable bonds is 5. The minimum Gasteiger partial charge on any atom is -0.371 e. The van der Waals surface area contributed by atoms with Crippen molar-refractivity contribution in [3.8, 4) is 0 Å². The molecule has 1 N–H and O–H groups in total. The number of aromatic amines is 1. The Morgan fingerprint density at radius 1 is 1.04 bits per heavy atom. The van der Waals surface area contributed by atoms with Gasteiger partial charge in [0, 0.05) is 49.0 Å². The third kappa shape index (κ3) is 3.28. The monoisotopic (exact) mass is 375 g/mol. The molecule has 0 aliphatic carbocycles. The fraction of sp³-hybridized carbons (Fsp3) is 0.304. The highest BCUT2D eigenvalue weighted by molar-refractivity contribution is 6.45. The normalized spacial score (nSPS) is 13.9. The van der Waals surface area contributed by atoms with Crippen molar-refractivity contribution in [3.63, 3.8) is 0 Å². The molecule has 2 heterocycles. The Kier molecular flexibility index (Phi) is 4.90. The van der Waals surface area contributed by atoms with E-state index in [1.54, 1.807) is 7.05 Å². The summed E-state index contributed by atoms with van der Waals surface area (Å²) in [4.78, 5) is 33.0. The Morgan fingerprint density at radius 2 is 1.71 bits per heavy atom. The molecule has 1 aliphatic rings. The number of carbonyl (C=O) groups is 2. The molecular formula is C23H25N3O2. The van der Waals surface area contributed by atoms with Crippen LogP contribution >= 0.6 is 0 Å². The van der Waals surface area contributed by atoms with Crippen LogP contribution in [-0.4, -0.2) is 41.7 Å². The lowest BCUT2D eigenvalue weighted by molar-refractivity contribution is -0.125. The summed E-state index contributed by atoms with van der Waals surface area (Å²) in [7, 11) is 1.70. The maximum atomic E-state index is 13.0. The van der Waals surface area contributed by atoms with Gasteiger partial charge in [-0.25, -0.2) is 0 Å². The Hall–Kier alpha value is -3.08. The number of Topliss-reactive ketones (excluding diaryl/α,β-unsaturated/α-hetero) is 1. The molecule has 1 saturated heterocycles. The minimum absolute atomic E-state index is 0.415. The summed E-state index contributed by atoms with van der Waals surface area (Å²) in [6, 6.07) is 15.7. The maximum Gasteiger partial charge on any atom is 0.295 e. The number of nitrogens with one attached hydrogen (secondary N) is 1. The van der Waals surface area contributed by atoms with Crippen LogP contribution in [0, 0.1) is 6.92 Å². The average molecular weight is 375 g/mol. The summed E-state index contributed by atoms with van der Waals surface area (Å²) in [5.41, 5.74) is 4.31. The molecule has 0 atom stereocenters. The van der Waals surface area contributed by atoms with E-state index < -0.39 is 11.7 Å². The lowest BCUT2D eigenvalue weighted by Crippen LogP contribution is -2.33. The first-order valence-electron chi connectivity index (χ1n) is 9.76. The van der Waals surface area contributed by atoms with Gasteiger partial charge in [0.1, 0.15) is 0 Å². The van der Waals surface area contributed by atoms with Crippen molar-refractivity contribution in [2.75, 3.05) is 25.0 Å². The molecule has 5 heteroatoms. The Bertz CT molecular complexity index is 1030. The van der Waals surface area contributed by atoms with Crippen molar-refractivity contribution in [1.29, 1.82) is 0 Å². The van der Waals surface area contributed by atoms with Gasteiger partial charge in [0.2, 0.25) is 0 Å². The lowest BCUT2D eigenvalue weighted by Gasteiger charge is -2.24. The summed E-state index contributed by atoms with van der Waals surface area (Å²) in [6.07, 6.45) is 2.39. The second kappa shape index (κ2) is 7.50. The van der Waals surface area contributed by atoms with Crippen LogP contribution in [0.2, 0.25) is 0 Å². The van der Waals surface area contributed by atoms with Gasteiger partial charge in [0.05, 0.1) is 5.56 Å². The highest BCUT2D eigenvalue weighted by Gasteiger charge is 2.26. The van der Waals surface area contributed by atoms with Gasteiger partial charge in [-0.15, -0.1) is 0 Å². The van der Waals surface area contributed by atoms with Gasteiger partial charge in [-0.3, -0.25) is 9.59 Å². The van der Waals surface area contributed by atoms with E-state index in [0.717, 1.165) is 40.9 Å². The Balaban J connectivity index is 1.57. The first-order valence-corrected chi connectivity index (χ1v) is 9.76. The number of carbonyl (C=O) groups excluding carboxylic acids is 2. The number of H-pyrrole nitrogens is 1. The van der Waals surface area contributed by atoms with Crippen molar-refractivity contribution < 1.29 is 9.59 Å². The van der Waals surface area contributed by atoms with Crippen LogP contribution in [0.15, 0.2) is 48.5 Å². The number of likely N-dealkylation sites (N-methyl/N-ethyl adjacent to an activating group) is 1. The Morgan fingerprint density at radius 3 is 2.50 bits per heavy atom. The molecule has 28 heavy (non-hydrogen) atoms. The molecule has 3 aromatic rings. The molecule has 0 saturated carbocycles. The lowest BCUT2D eigenvalue weighted by atomic mass is 10.1. The molecule has 1 amide bonds. The molecule has 5 nitrogen and oxygen atoms in total. The number of benzene rings is 2. The predicted molar refractivity (Wildman–Crippen MR) is 112 cm³/mol. The number of fused-ring (bicyclic) bond motifs is 1. The van der Waals surface area contributed by atoms with Crippen molar-refractivity contribution in [2.24, 2.45) is 0 Å². The zero-order chi connectivity index (χ0) is 19.7. The summed E-state index contributed by atoms with van der Waals surface area (Å²) >= 11 is 0. The molecule has 144 valence electrons. The summed E-state index contributed by atoms with van der Waals surface area (Å²) < 4.78 is 0. The maximum absolute atomic E-state index is 13.0. The molecule has 1 aliphatic heterocycles. The van der Waals surface area contributed by atoms with Crippen molar-refractivity contribution in [1.82, 2.24) is 9.88 Å². The van der Waals surface area contributed by atoms with Crippen LogP contribution in [0.3, 0.4) is 0 Å². The number of hydrogen-bond donors (Lipinski definition) is 1. The summed E-state index contributed by atoms with van der Waals surface area (Å²) in [5, 5.41) is 0.796. The predicted octanol–water partition coefficient (Wildman–Crippen LogP) is 3.92. The van der Waals surface area contributed by atoms with Gasteiger partial charge in [-0.2, -0.15) is 0 Å². The van der Waals surface area contributed by atoms with E-state index >= 15 is 0 Å². The van der Waals surface area contributed by atoms with Gasteiger partial charge in [0.15, 0.2) is 0 Å². The van der Waals surface area contributed by atoms with Gasteiger partial charge >= 0.3 is 0 Å². The fourth-order valence-corrected chi connectivity index (χ4v) is 4.09. The van der Waals surface area contributed by atoms with Crippen LogP contribution in [0.25, 0.3) is 10.9 Å². The van der Waals surface area contributed by atoms with E-state index in [-0.39, 0.29) is 0 Å². The molecule has 0 bridgehead atoms. The van der Waals surface area contributed by atoms with Crippen molar-refractivity contribution >= 4 is 28.3 Å². The highest BCUT2D eigenvalue weighted by Crippen LogP contribution is 2.26. The second-order valence-corrected chi connectivity index (χ2v) is 7.48. The number of aryl methyl sites for hydroxylation is 1. The standard InChI is InChI=1S/C23H25N3O2/c1-16-21(18-10-4-5-11-19(18)24-16)22(27)23(28)25(2)15-17-9-3-6-12-20(17)26-13-7-8-14-26/h3-6,9-12,24H,7-8,13-15H2,1-2H3. The molecule has 0 spiro atoms. The van der Waals surface area contributed by atoms with Gasteiger partial charge in [-0.05, 0) is 37.5 Å². The van der Waals surface area contributed by atoms with Crippen LogP contribution < -0.4 is 4.90 Å². The number of ketones is 1.